The van der Waals surface area contributed by atoms with Gasteiger partial charge in [0, 0.05) is 30.0 Å². The van der Waals surface area contributed by atoms with Crippen molar-refractivity contribution in [3.8, 4) is 0 Å². The van der Waals surface area contributed by atoms with Crippen molar-refractivity contribution in [2.24, 2.45) is 5.92 Å². The molecule has 0 aromatic heterocycles. The second kappa shape index (κ2) is 3.91. The van der Waals surface area contributed by atoms with Crippen LogP contribution in [0.4, 0.5) is 4.39 Å². The number of Topliss-reactive ketones (excluding diaryl/α,β-unsaturated/α-hetero) is 1. The van der Waals surface area contributed by atoms with Crippen LogP contribution in [0.5, 0.6) is 0 Å². The van der Waals surface area contributed by atoms with E-state index in [4.69, 9.17) is 0 Å². The number of likely N-dealkylation sites (N-methyl/N-ethyl adjacent to an activating group) is 1. The predicted octanol–water partition coefficient (Wildman–Crippen LogP) is 2.45. The maximum atomic E-state index is 14.0. The molecule has 1 aromatic carbocycles. The number of ketones is 1. The number of fused-ring (bicyclic) bond motifs is 3. The fraction of sp³-hybridized carbons (Fsp3) is 0.500. The highest BCUT2D eigenvalue weighted by Gasteiger charge is 2.38. The second-order valence-electron chi connectivity index (χ2n) is 5.25. The van der Waals surface area contributed by atoms with Gasteiger partial charge in [-0.05, 0) is 32.0 Å². The van der Waals surface area contributed by atoms with E-state index in [2.05, 4.69) is 11.9 Å². The summed E-state index contributed by atoms with van der Waals surface area (Å²) >= 11 is 0. The number of benzene rings is 1. The smallest absolute Gasteiger partial charge is 0.163 e. The molecule has 1 fully saturated rings. The predicted molar refractivity (Wildman–Crippen MR) is 63.7 cm³/mol. The Bertz CT molecular complexity index is 471. The lowest BCUT2D eigenvalue weighted by Crippen LogP contribution is -2.40. The molecule has 3 rings (SSSR count). The summed E-state index contributed by atoms with van der Waals surface area (Å²) in [5.74, 6) is 0.442. The first kappa shape index (κ1) is 10.9. The summed E-state index contributed by atoms with van der Waals surface area (Å²) in [5.41, 5.74) is 1.28. The molecule has 0 N–H and O–H groups in total. The molecule has 2 nitrogen and oxygen atoms in total. The Kier molecular flexibility index (Phi) is 2.51. The molecule has 1 heterocycles. The summed E-state index contributed by atoms with van der Waals surface area (Å²) in [4.78, 5) is 14.2. The van der Waals surface area contributed by atoms with Crippen LogP contribution < -0.4 is 0 Å². The van der Waals surface area contributed by atoms with Gasteiger partial charge in [-0.25, -0.2) is 4.39 Å². The van der Waals surface area contributed by atoms with Crippen molar-refractivity contribution < 1.29 is 9.18 Å². The zero-order chi connectivity index (χ0) is 12.0. The summed E-state index contributed by atoms with van der Waals surface area (Å²) < 4.78 is 14.0. The first-order valence-electron chi connectivity index (χ1n) is 6.17. The third kappa shape index (κ3) is 1.69. The lowest BCUT2D eigenvalue weighted by Gasteiger charge is -2.40. The fourth-order valence-electron chi connectivity index (χ4n) is 3.24. The zero-order valence-electron chi connectivity index (χ0n) is 9.95. The fourth-order valence-corrected chi connectivity index (χ4v) is 3.24. The summed E-state index contributed by atoms with van der Waals surface area (Å²) in [6.45, 7) is 1.88. The van der Waals surface area contributed by atoms with E-state index in [0.717, 1.165) is 19.5 Å². The lowest BCUT2D eigenvalue weighted by molar-refractivity contribution is 0.0883. The van der Waals surface area contributed by atoms with Crippen molar-refractivity contribution in [1.82, 2.24) is 4.90 Å². The van der Waals surface area contributed by atoms with Crippen molar-refractivity contribution in [3.05, 3.63) is 35.1 Å². The van der Waals surface area contributed by atoms with Crippen molar-refractivity contribution in [1.29, 1.82) is 0 Å². The van der Waals surface area contributed by atoms with E-state index in [9.17, 15) is 9.18 Å². The molecule has 1 aliphatic heterocycles. The van der Waals surface area contributed by atoms with Crippen LogP contribution >= 0.6 is 0 Å². The van der Waals surface area contributed by atoms with Crippen LogP contribution in [0.2, 0.25) is 0 Å². The summed E-state index contributed by atoms with van der Waals surface area (Å²) in [5, 5.41) is 0. The number of halogens is 1. The van der Waals surface area contributed by atoms with Gasteiger partial charge in [0.05, 0.1) is 0 Å². The van der Waals surface area contributed by atoms with Crippen LogP contribution in [0.15, 0.2) is 18.2 Å². The normalized spacial score (nSPS) is 28.7. The molecule has 17 heavy (non-hydrogen) atoms. The van der Waals surface area contributed by atoms with Crippen LogP contribution in [0.3, 0.4) is 0 Å². The van der Waals surface area contributed by atoms with E-state index in [1.54, 1.807) is 12.1 Å². The molecule has 2 atom stereocenters. The summed E-state index contributed by atoms with van der Waals surface area (Å²) in [6, 6.07) is 4.88. The van der Waals surface area contributed by atoms with Crippen molar-refractivity contribution in [3.63, 3.8) is 0 Å². The van der Waals surface area contributed by atoms with Crippen molar-refractivity contribution in [2.75, 3.05) is 20.1 Å². The number of carbonyl (C=O) groups excluding carboxylic acids is 1. The molecule has 1 saturated heterocycles. The Labute approximate surface area is 100 Å². The van der Waals surface area contributed by atoms with E-state index < -0.39 is 0 Å². The number of nitrogens with zero attached hydrogens (tertiary/aromatic N) is 1. The van der Waals surface area contributed by atoms with Gasteiger partial charge in [0.2, 0.25) is 0 Å². The number of hydrogen-bond donors (Lipinski definition) is 0. The summed E-state index contributed by atoms with van der Waals surface area (Å²) in [7, 11) is 2.06. The quantitative estimate of drug-likeness (QED) is 0.686. The van der Waals surface area contributed by atoms with Gasteiger partial charge in [0.25, 0.3) is 0 Å². The number of carbonyl (C=O) groups is 1. The van der Waals surface area contributed by atoms with Gasteiger partial charge in [-0.2, -0.15) is 0 Å². The van der Waals surface area contributed by atoms with E-state index in [-0.39, 0.29) is 17.5 Å². The average Bonchev–Trinajstić information content (AvgIpc) is 2.30. The molecule has 1 aliphatic carbocycles. The van der Waals surface area contributed by atoms with E-state index in [1.165, 1.54) is 6.07 Å². The highest BCUT2D eigenvalue weighted by molar-refractivity contribution is 5.99. The minimum atomic E-state index is -0.208. The Morgan fingerprint density at radius 3 is 3.06 bits per heavy atom. The minimum Gasteiger partial charge on any atom is -0.306 e. The van der Waals surface area contributed by atoms with Gasteiger partial charge < -0.3 is 4.90 Å². The van der Waals surface area contributed by atoms with Crippen molar-refractivity contribution >= 4 is 5.78 Å². The van der Waals surface area contributed by atoms with E-state index >= 15 is 0 Å². The second-order valence-corrected chi connectivity index (χ2v) is 5.25. The number of likely N-dealkylation sites (tertiary alicyclic amines) is 1. The number of piperidine rings is 1. The van der Waals surface area contributed by atoms with Crippen LogP contribution in [-0.4, -0.2) is 30.8 Å². The molecule has 1 aromatic rings. The lowest BCUT2D eigenvalue weighted by atomic mass is 9.71. The maximum absolute atomic E-state index is 14.0. The molecule has 2 aliphatic rings. The van der Waals surface area contributed by atoms with E-state index in [1.807, 2.05) is 0 Å². The van der Waals surface area contributed by atoms with Gasteiger partial charge in [-0.3, -0.25) is 4.79 Å². The molecule has 0 bridgehead atoms. The Morgan fingerprint density at radius 1 is 1.41 bits per heavy atom. The van der Waals surface area contributed by atoms with Crippen molar-refractivity contribution in [2.45, 2.75) is 18.8 Å². The van der Waals surface area contributed by atoms with Gasteiger partial charge in [0.1, 0.15) is 5.82 Å². The maximum Gasteiger partial charge on any atom is 0.163 e. The minimum absolute atomic E-state index is 0.116. The molecule has 0 unspecified atom stereocenters. The van der Waals surface area contributed by atoms with Gasteiger partial charge in [-0.1, -0.05) is 12.1 Å². The molecular formula is C14H16FNO. The van der Waals surface area contributed by atoms with Crippen LogP contribution in [0.1, 0.15) is 34.7 Å². The highest BCUT2D eigenvalue weighted by atomic mass is 19.1. The van der Waals surface area contributed by atoms with Gasteiger partial charge in [0.15, 0.2) is 5.78 Å². The molecular weight excluding hydrogens is 217 g/mol. The first-order valence-corrected chi connectivity index (χ1v) is 6.17. The van der Waals surface area contributed by atoms with Crippen LogP contribution in [0.25, 0.3) is 0 Å². The molecule has 0 saturated carbocycles. The standard InChI is InChI=1S/C14H16FNO/c1-16-6-5-9-7-13(17)10-3-2-4-12(15)14(10)11(9)8-16/h2-4,9,11H,5-8H2,1H3/t9-,11-/m0/s1. The molecule has 0 spiro atoms. The Morgan fingerprint density at radius 2 is 2.24 bits per heavy atom. The topological polar surface area (TPSA) is 20.3 Å². The van der Waals surface area contributed by atoms with Crippen LogP contribution in [0, 0.1) is 11.7 Å². The third-order valence-electron chi connectivity index (χ3n) is 4.13. The Hall–Kier alpha value is -1.22. The largest absolute Gasteiger partial charge is 0.306 e. The van der Waals surface area contributed by atoms with E-state index in [0.29, 0.717) is 23.5 Å². The number of hydrogen-bond acceptors (Lipinski definition) is 2. The van der Waals surface area contributed by atoms with Crippen LogP contribution in [-0.2, 0) is 0 Å². The van der Waals surface area contributed by atoms with Gasteiger partial charge in [-0.15, -0.1) is 0 Å². The first-order chi connectivity index (χ1) is 8.16. The molecule has 3 heteroatoms. The molecule has 0 radical (unpaired) electrons. The monoisotopic (exact) mass is 233 g/mol. The average molecular weight is 233 g/mol. The zero-order valence-corrected chi connectivity index (χ0v) is 9.95. The highest BCUT2D eigenvalue weighted by Crippen LogP contribution is 2.41. The number of rotatable bonds is 0. The SMILES string of the molecule is CN1CC[C@H]2CC(=O)c3cccc(F)c3[C@H]2C1. The molecule has 90 valence electrons. The Balaban J connectivity index is 2.10. The summed E-state index contributed by atoms with van der Waals surface area (Å²) in [6.07, 6.45) is 1.59. The third-order valence-corrected chi connectivity index (χ3v) is 4.13. The van der Waals surface area contributed by atoms with Gasteiger partial charge >= 0.3 is 0 Å². The molecule has 0 amide bonds.